The molecule has 0 fully saturated rings. The van der Waals surface area contributed by atoms with Gasteiger partial charge >= 0.3 is 0 Å². The van der Waals surface area contributed by atoms with E-state index in [4.69, 9.17) is 10.5 Å². The van der Waals surface area contributed by atoms with E-state index in [9.17, 15) is 4.79 Å². The molecule has 1 atom stereocenters. The minimum atomic E-state index is -0.0990. The van der Waals surface area contributed by atoms with Crippen molar-refractivity contribution in [3.63, 3.8) is 0 Å². The van der Waals surface area contributed by atoms with Crippen LogP contribution >= 0.6 is 15.9 Å². The molecule has 1 aromatic carbocycles. The van der Waals surface area contributed by atoms with Gasteiger partial charge in [0.15, 0.2) is 0 Å². The minimum absolute atomic E-state index is 0.0990. The molecular weight excluding hydrogens is 270 g/mol. The van der Waals surface area contributed by atoms with Gasteiger partial charge in [-0.2, -0.15) is 0 Å². The molecule has 0 aliphatic carbocycles. The number of nitrogens with two attached hydrogens (primary N) is 1. The summed E-state index contributed by atoms with van der Waals surface area (Å²) < 4.78 is 6.04. The van der Waals surface area contributed by atoms with Crippen LogP contribution in [0, 0.1) is 5.92 Å². The molecule has 1 rings (SSSR count). The first kappa shape index (κ1) is 13.2. The summed E-state index contributed by atoms with van der Waals surface area (Å²) in [6.45, 7) is 2.23. The number of Topliss-reactive ketones (excluding diaryl/α,β-unsaturated/α-hetero) is 1. The second kappa shape index (κ2) is 6.01. The van der Waals surface area contributed by atoms with Gasteiger partial charge in [-0.25, -0.2) is 0 Å². The van der Waals surface area contributed by atoms with E-state index in [0.29, 0.717) is 13.0 Å². The maximum Gasteiger partial charge on any atom is 0.141 e. The van der Waals surface area contributed by atoms with Gasteiger partial charge in [0, 0.05) is 23.4 Å². The Balaban J connectivity index is 2.83. The maximum absolute atomic E-state index is 11.8. The summed E-state index contributed by atoms with van der Waals surface area (Å²) in [6.07, 6.45) is 0.385. The monoisotopic (exact) mass is 285 g/mol. The predicted octanol–water partition coefficient (Wildman–Crippen LogP) is 2.16. The number of ketones is 1. The normalized spacial score (nSPS) is 12.2. The Hall–Kier alpha value is -0.870. The van der Waals surface area contributed by atoms with Crippen LogP contribution in [0.25, 0.3) is 0 Å². The zero-order valence-corrected chi connectivity index (χ0v) is 11.1. The van der Waals surface area contributed by atoms with Crippen molar-refractivity contribution in [2.24, 2.45) is 11.7 Å². The molecule has 1 unspecified atom stereocenters. The Morgan fingerprint density at radius 2 is 2.25 bits per heavy atom. The SMILES string of the molecule is COc1ccc(Br)c(CC(=O)C(C)CN)c1. The van der Waals surface area contributed by atoms with Gasteiger partial charge in [-0.05, 0) is 23.8 Å². The lowest BCUT2D eigenvalue weighted by Gasteiger charge is -2.10. The highest BCUT2D eigenvalue weighted by Crippen LogP contribution is 2.23. The molecule has 0 saturated heterocycles. The molecule has 0 amide bonds. The summed E-state index contributed by atoms with van der Waals surface area (Å²) in [5, 5.41) is 0. The van der Waals surface area contributed by atoms with Crippen LogP contribution in [0.3, 0.4) is 0 Å². The molecule has 88 valence electrons. The van der Waals surface area contributed by atoms with E-state index in [1.165, 1.54) is 0 Å². The summed E-state index contributed by atoms with van der Waals surface area (Å²) in [5.74, 6) is 0.806. The lowest BCUT2D eigenvalue weighted by atomic mass is 9.99. The quantitative estimate of drug-likeness (QED) is 0.902. The van der Waals surface area contributed by atoms with Crippen molar-refractivity contribution < 1.29 is 9.53 Å². The second-order valence-electron chi connectivity index (χ2n) is 3.74. The predicted molar refractivity (Wildman–Crippen MR) is 67.6 cm³/mol. The highest BCUT2D eigenvalue weighted by Gasteiger charge is 2.13. The molecule has 0 bridgehead atoms. The van der Waals surface area contributed by atoms with E-state index in [1.807, 2.05) is 25.1 Å². The van der Waals surface area contributed by atoms with E-state index in [0.717, 1.165) is 15.8 Å². The fourth-order valence-corrected chi connectivity index (χ4v) is 1.69. The van der Waals surface area contributed by atoms with E-state index >= 15 is 0 Å². The summed E-state index contributed by atoms with van der Waals surface area (Å²) in [4.78, 5) is 11.8. The van der Waals surface area contributed by atoms with Crippen molar-refractivity contribution in [3.8, 4) is 5.75 Å². The van der Waals surface area contributed by atoms with Gasteiger partial charge in [-0.15, -0.1) is 0 Å². The number of hydrogen-bond donors (Lipinski definition) is 1. The zero-order chi connectivity index (χ0) is 12.1. The lowest BCUT2D eigenvalue weighted by molar-refractivity contribution is -0.121. The molecular formula is C12H16BrNO2. The number of hydrogen-bond acceptors (Lipinski definition) is 3. The van der Waals surface area contributed by atoms with E-state index < -0.39 is 0 Å². The third-order valence-electron chi connectivity index (χ3n) is 2.52. The van der Waals surface area contributed by atoms with Crippen molar-refractivity contribution in [1.82, 2.24) is 0 Å². The first-order valence-electron chi connectivity index (χ1n) is 5.13. The molecule has 0 spiro atoms. The van der Waals surface area contributed by atoms with Gasteiger partial charge in [0.1, 0.15) is 11.5 Å². The van der Waals surface area contributed by atoms with E-state index in [2.05, 4.69) is 15.9 Å². The number of carbonyl (C=O) groups excluding carboxylic acids is 1. The van der Waals surface area contributed by atoms with Crippen LogP contribution in [0.5, 0.6) is 5.75 Å². The average Bonchev–Trinajstić information content (AvgIpc) is 2.30. The van der Waals surface area contributed by atoms with Gasteiger partial charge in [0.2, 0.25) is 0 Å². The third kappa shape index (κ3) is 3.32. The molecule has 0 aliphatic rings. The fraction of sp³-hybridized carbons (Fsp3) is 0.417. The number of rotatable bonds is 5. The standard InChI is InChI=1S/C12H16BrNO2/c1-8(7-14)12(15)6-9-5-10(16-2)3-4-11(9)13/h3-5,8H,6-7,14H2,1-2H3. The number of carbonyl (C=O) groups is 1. The maximum atomic E-state index is 11.8. The van der Waals surface area contributed by atoms with Crippen LogP contribution in [0.2, 0.25) is 0 Å². The second-order valence-corrected chi connectivity index (χ2v) is 4.59. The van der Waals surface area contributed by atoms with Crippen molar-refractivity contribution in [1.29, 1.82) is 0 Å². The van der Waals surface area contributed by atoms with Crippen molar-refractivity contribution >= 4 is 21.7 Å². The van der Waals surface area contributed by atoms with Gasteiger partial charge in [-0.1, -0.05) is 22.9 Å². The number of halogens is 1. The summed E-state index contributed by atoms with van der Waals surface area (Å²) in [5.41, 5.74) is 6.40. The molecule has 0 aromatic heterocycles. The summed E-state index contributed by atoms with van der Waals surface area (Å²) in [6, 6.07) is 5.60. The Kier molecular flexibility index (Phi) is 4.96. The largest absolute Gasteiger partial charge is 0.497 e. The molecule has 16 heavy (non-hydrogen) atoms. The van der Waals surface area contributed by atoms with Crippen LogP contribution in [-0.4, -0.2) is 19.4 Å². The third-order valence-corrected chi connectivity index (χ3v) is 3.29. The Labute approximate surface area is 104 Å². The molecule has 3 nitrogen and oxygen atoms in total. The fourth-order valence-electron chi connectivity index (χ4n) is 1.31. The van der Waals surface area contributed by atoms with E-state index in [1.54, 1.807) is 7.11 Å². The molecule has 1 aromatic rings. The highest BCUT2D eigenvalue weighted by molar-refractivity contribution is 9.10. The number of ether oxygens (including phenoxy) is 1. The minimum Gasteiger partial charge on any atom is -0.497 e. The van der Waals surface area contributed by atoms with Crippen LogP contribution in [0.4, 0.5) is 0 Å². The van der Waals surface area contributed by atoms with Crippen molar-refractivity contribution in [2.75, 3.05) is 13.7 Å². The van der Waals surface area contributed by atoms with E-state index in [-0.39, 0.29) is 11.7 Å². The first-order valence-corrected chi connectivity index (χ1v) is 5.93. The first-order chi connectivity index (χ1) is 7.58. The molecule has 4 heteroatoms. The average molecular weight is 286 g/mol. The Morgan fingerprint density at radius 3 is 2.81 bits per heavy atom. The smallest absolute Gasteiger partial charge is 0.141 e. The lowest BCUT2D eigenvalue weighted by Crippen LogP contribution is -2.22. The van der Waals surface area contributed by atoms with Crippen LogP contribution in [0.15, 0.2) is 22.7 Å². The van der Waals surface area contributed by atoms with Gasteiger partial charge in [0.05, 0.1) is 7.11 Å². The van der Waals surface area contributed by atoms with Gasteiger partial charge in [-0.3, -0.25) is 4.79 Å². The van der Waals surface area contributed by atoms with Gasteiger partial charge in [0.25, 0.3) is 0 Å². The van der Waals surface area contributed by atoms with Gasteiger partial charge < -0.3 is 10.5 Å². The van der Waals surface area contributed by atoms with Crippen LogP contribution < -0.4 is 10.5 Å². The summed E-state index contributed by atoms with van der Waals surface area (Å²) in [7, 11) is 1.61. The summed E-state index contributed by atoms with van der Waals surface area (Å²) >= 11 is 3.42. The molecule has 0 saturated carbocycles. The van der Waals surface area contributed by atoms with Crippen LogP contribution in [0.1, 0.15) is 12.5 Å². The highest BCUT2D eigenvalue weighted by atomic mass is 79.9. The zero-order valence-electron chi connectivity index (χ0n) is 9.50. The molecule has 2 N–H and O–H groups in total. The van der Waals surface area contributed by atoms with Crippen molar-refractivity contribution in [2.45, 2.75) is 13.3 Å². The molecule has 0 aliphatic heterocycles. The molecule has 0 heterocycles. The molecule has 0 radical (unpaired) electrons. The Morgan fingerprint density at radius 1 is 1.56 bits per heavy atom. The van der Waals surface area contributed by atoms with Crippen molar-refractivity contribution in [3.05, 3.63) is 28.2 Å². The number of benzene rings is 1. The topological polar surface area (TPSA) is 52.3 Å². The Bertz CT molecular complexity index is 379. The number of methoxy groups -OCH3 is 1. The van der Waals surface area contributed by atoms with Crippen LogP contribution in [-0.2, 0) is 11.2 Å².